The molecule has 0 unspecified atom stereocenters. The van der Waals surface area contributed by atoms with Gasteiger partial charge in [-0.25, -0.2) is 4.79 Å². The molecular formula is C43H56N2O4. The highest BCUT2D eigenvalue weighted by molar-refractivity contribution is 5.74. The number of ether oxygens (including phenoxy) is 3. The summed E-state index contributed by atoms with van der Waals surface area (Å²) in [5.41, 5.74) is 5.83. The first-order valence-electron chi connectivity index (χ1n) is 17.7. The number of benzene rings is 4. The normalized spacial score (nSPS) is 11.6. The quantitative estimate of drug-likeness (QED) is 0.108. The summed E-state index contributed by atoms with van der Waals surface area (Å²) in [7, 11) is 1.64. The zero-order valence-electron chi connectivity index (χ0n) is 30.7. The lowest BCUT2D eigenvalue weighted by Gasteiger charge is -2.30. The second-order valence-electron chi connectivity index (χ2n) is 14.1. The third-order valence-electron chi connectivity index (χ3n) is 9.75. The summed E-state index contributed by atoms with van der Waals surface area (Å²) in [6.45, 7) is 16.2. The maximum atomic E-state index is 13.6. The van der Waals surface area contributed by atoms with Gasteiger partial charge in [-0.2, -0.15) is 0 Å². The highest BCUT2D eigenvalue weighted by Crippen LogP contribution is 2.38. The Morgan fingerprint density at radius 2 is 1.35 bits per heavy atom. The molecule has 4 aromatic rings. The Morgan fingerprint density at radius 1 is 0.694 bits per heavy atom. The molecule has 6 nitrogen and oxygen atoms in total. The summed E-state index contributed by atoms with van der Waals surface area (Å²) < 4.78 is 18.2. The molecule has 1 N–H and O–H groups in total. The molecular weight excluding hydrogens is 608 g/mol. The minimum absolute atomic E-state index is 0.00480. The van der Waals surface area contributed by atoms with Crippen LogP contribution in [0.2, 0.25) is 0 Å². The van der Waals surface area contributed by atoms with Crippen LogP contribution in [0.5, 0.6) is 17.2 Å². The summed E-state index contributed by atoms with van der Waals surface area (Å²) in [5, 5.41) is 3.12. The second kappa shape index (κ2) is 17.8. The lowest BCUT2D eigenvalue weighted by atomic mass is 9.76. The van der Waals surface area contributed by atoms with Gasteiger partial charge >= 0.3 is 6.03 Å². The van der Waals surface area contributed by atoms with Crippen LogP contribution in [-0.2, 0) is 30.5 Å². The van der Waals surface area contributed by atoms with Gasteiger partial charge in [0.2, 0.25) is 0 Å². The van der Waals surface area contributed by atoms with Crippen molar-refractivity contribution in [1.82, 2.24) is 10.2 Å². The van der Waals surface area contributed by atoms with Crippen molar-refractivity contribution in [3.05, 3.63) is 125 Å². The van der Waals surface area contributed by atoms with Gasteiger partial charge in [-0.05, 0) is 77.0 Å². The number of amides is 2. The van der Waals surface area contributed by atoms with Crippen LogP contribution < -0.4 is 19.5 Å². The SMILES string of the molecule is CCC(C)(C)c1ccc(OCCCCN(Cc2ccc(OC)c(OCc3ccccc3)c2)C(=O)NCc2ccccc2)c(C(C)(C)CC)c1. The largest absolute Gasteiger partial charge is 0.493 e. The first-order valence-corrected chi connectivity index (χ1v) is 17.7. The molecule has 0 spiro atoms. The van der Waals surface area contributed by atoms with Gasteiger partial charge in [0.25, 0.3) is 0 Å². The van der Waals surface area contributed by atoms with Crippen molar-refractivity contribution in [2.24, 2.45) is 0 Å². The van der Waals surface area contributed by atoms with Crippen LogP contribution in [0.4, 0.5) is 4.79 Å². The zero-order valence-corrected chi connectivity index (χ0v) is 30.7. The summed E-state index contributed by atoms with van der Waals surface area (Å²) in [6.07, 6.45) is 3.73. The summed E-state index contributed by atoms with van der Waals surface area (Å²) in [6, 6.07) is 32.6. The van der Waals surface area contributed by atoms with Gasteiger partial charge in [-0.3, -0.25) is 0 Å². The number of carbonyl (C=O) groups is 1. The zero-order chi connectivity index (χ0) is 35.3. The molecule has 6 heteroatoms. The fraction of sp³-hybridized carbons (Fsp3) is 0.419. The fourth-order valence-electron chi connectivity index (χ4n) is 5.61. The predicted octanol–water partition coefficient (Wildman–Crippen LogP) is 10.2. The van der Waals surface area contributed by atoms with E-state index in [0.717, 1.165) is 48.1 Å². The van der Waals surface area contributed by atoms with Crippen molar-refractivity contribution in [2.75, 3.05) is 20.3 Å². The Hall–Kier alpha value is -4.45. The summed E-state index contributed by atoms with van der Waals surface area (Å²) >= 11 is 0. The molecule has 0 saturated carbocycles. The molecule has 262 valence electrons. The van der Waals surface area contributed by atoms with Gasteiger partial charge in [0, 0.05) is 25.2 Å². The van der Waals surface area contributed by atoms with E-state index in [1.165, 1.54) is 11.1 Å². The van der Waals surface area contributed by atoms with Gasteiger partial charge in [0.1, 0.15) is 12.4 Å². The molecule has 0 heterocycles. The predicted molar refractivity (Wildman–Crippen MR) is 201 cm³/mol. The fourth-order valence-corrected chi connectivity index (χ4v) is 5.61. The van der Waals surface area contributed by atoms with Gasteiger partial charge < -0.3 is 24.4 Å². The number of nitrogens with zero attached hydrogens (tertiary/aromatic N) is 1. The van der Waals surface area contributed by atoms with E-state index in [0.29, 0.717) is 44.3 Å². The van der Waals surface area contributed by atoms with Crippen LogP contribution in [0.3, 0.4) is 0 Å². The highest BCUT2D eigenvalue weighted by atomic mass is 16.5. The monoisotopic (exact) mass is 664 g/mol. The van der Waals surface area contributed by atoms with Crippen molar-refractivity contribution in [2.45, 2.75) is 97.8 Å². The van der Waals surface area contributed by atoms with Gasteiger partial charge in [0.05, 0.1) is 13.7 Å². The number of rotatable bonds is 18. The van der Waals surface area contributed by atoms with Gasteiger partial charge in [0.15, 0.2) is 11.5 Å². The lowest BCUT2D eigenvalue weighted by molar-refractivity contribution is 0.191. The average Bonchev–Trinajstić information content (AvgIpc) is 3.13. The summed E-state index contributed by atoms with van der Waals surface area (Å²) in [5.74, 6) is 2.27. The third-order valence-corrected chi connectivity index (χ3v) is 9.75. The Balaban J connectivity index is 1.43. The number of hydrogen-bond donors (Lipinski definition) is 1. The lowest BCUT2D eigenvalue weighted by Crippen LogP contribution is -2.39. The molecule has 0 radical (unpaired) electrons. The molecule has 0 fully saturated rings. The number of nitrogens with one attached hydrogen (secondary N) is 1. The maximum Gasteiger partial charge on any atom is 0.317 e. The number of urea groups is 1. The standard InChI is InChI=1S/C43H56N2O4/c1-8-42(3,4)36-23-25-38(37(29-36)43(5,6)9-2)48-27-17-16-26-45(41(46)44-30-33-18-12-10-13-19-33)31-35-22-24-39(47-7)40(28-35)49-32-34-20-14-11-15-21-34/h10-15,18-25,28-29H,8-9,16-17,26-27,30-32H2,1-7H3,(H,44,46). The molecule has 4 rings (SSSR count). The molecule has 0 bridgehead atoms. The number of methoxy groups -OCH3 is 1. The van der Waals surface area contributed by atoms with Crippen LogP contribution >= 0.6 is 0 Å². The average molecular weight is 665 g/mol. The third kappa shape index (κ3) is 10.8. The van der Waals surface area contributed by atoms with Crippen molar-refractivity contribution in [1.29, 1.82) is 0 Å². The van der Waals surface area contributed by atoms with Crippen LogP contribution in [-0.4, -0.2) is 31.2 Å². The maximum absolute atomic E-state index is 13.6. The minimum Gasteiger partial charge on any atom is -0.493 e. The molecule has 0 aliphatic carbocycles. The first kappa shape index (κ1) is 37.4. The Morgan fingerprint density at radius 3 is 2.00 bits per heavy atom. The minimum atomic E-state index is -0.103. The Labute approximate surface area is 294 Å². The van der Waals surface area contributed by atoms with E-state index in [2.05, 4.69) is 65.1 Å². The molecule has 0 aliphatic heterocycles. The van der Waals surface area contributed by atoms with Crippen LogP contribution in [0.15, 0.2) is 97.1 Å². The van der Waals surface area contributed by atoms with Gasteiger partial charge in [-0.15, -0.1) is 0 Å². The van der Waals surface area contributed by atoms with Crippen molar-refractivity contribution >= 4 is 6.03 Å². The van der Waals surface area contributed by atoms with Crippen molar-refractivity contribution in [3.63, 3.8) is 0 Å². The molecule has 0 aromatic heterocycles. The van der Waals surface area contributed by atoms with E-state index < -0.39 is 0 Å². The highest BCUT2D eigenvalue weighted by Gasteiger charge is 2.26. The molecule has 49 heavy (non-hydrogen) atoms. The van der Waals surface area contributed by atoms with E-state index in [9.17, 15) is 4.79 Å². The Kier molecular flexibility index (Phi) is 13.6. The molecule has 0 saturated heterocycles. The van der Waals surface area contributed by atoms with Crippen LogP contribution in [0.1, 0.15) is 95.0 Å². The van der Waals surface area contributed by atoms with Crippen molar-refractivity contribution < 1.29 is 19.0 Å². The van der Waals surface area contributed by atoms with Crippen LogP contribution in [0, 0.1) is 0 Å². The smallest absolute Gasteiger partial charge is 0.317 e. The molecule has 0 aliphatic rings. The van der Waals surface area contributed by atoms with E-state index in [1.54, 1.807) is 7.11 Å². The van der Waals surface area contributed by atoms with Gasteiger partial charge in [-0.1, -0.05) is 120 Å². The number of hydrogen-bond acceptors (Lipinski definition) is 4. The topological polar surface area (TPSA) is 60.0 Å². The molecule has 2 amide bonds. The molecule has 0 atom stereocenters. The first-order chi connectivity index (χ1) is 23.6. The number of unbranched alkanes of at least 4 members (excludes halogenated alkanes) is 1. The Bertz CT molecular complexity index is 1600. The number of carbonyl (C=O) groups excluding carboxylic acids is 1. The van der Waals surface area contributed by atoms with Crippen molar-refractivity contribution in [3.8, 4) is 17.2 Å². The summed E-state index contributed by atoms with van der Waals surface area (Å²) in [4.78, 5) is 15.5. The van der Waals surface area contributed by atoms with E-state index >= 15 is 0 Å². The molecule has 4 aromatic carbocycles. The van der Waals surface area contributed by atoms with E-state index in [1.807, 2.05) is 83.8 Å². The second-order valence-corrected chi connectivity index (χ2v) is 14.1. The van der Waals surface area contributed by atoms with Crippen LogP contribution in [0.25, 0.3) is 0 Å². The van der Waals surface area contributed by atoms with E-state index in [-0.39, 0.29) is 16.9 Å². The van der Waals surface area contributed by atoms with E-state index in [4.69, 9.17) is 14.2 Å².